The lowest BCUT2D eigenvalue weighted by Crippen LogP contribution is -2.39. The highest BCUT2D eigenvalue weighted by molar-refractivity contribution is 14.0. The first-order valence-corrected chi connectivity index (χ1v) is 8.35. The van der Waals surface area contributed by atoms with E-state index in [-0.39, 0.29) is 29.7 Å². The van der Waals surface area contributed by atoms with E-state index in [1.165, 1.54) is 25.2 Å². The van der Waals surface area contributed by atoms with Crippen LogP contribution in [0.5, 0.6) is 0 Å². The van der Waals surface area contributed by atoms with E-state index in [4.69, 9.17) is 0 Å². The third kappa shape index (κ3) is 9.42. The smallest absolute Gasteiger partial charge is 0.306 e. The molecule has 0 saturated carbocycles. The number of hydrogen-bond acceptors (Lipinski definition) is 4. The quantitative estimate of drug-likeness (QED) is 0.103. The molecule has 1 rings (SSSR count). The Morgan fingerprint density at radius 3 is 2.88 bits per heavy atom. The summed E-state index contributed by atoms with van der Waals surface area (Å²) in [5.41, 5.74) is 0.00234. The highest BCUT2D eigenvalue weighted by Gasteiger charge is 2.09. The molecule has 1 aromatic rings. The fourth-order valence-electron chi connectivity index (χ4n) is 2.22. The Balaban J connectivity index is 0.00000576. The van der Waals surface area contributed by atoms with Gasteiger partial charge in [0, 0.05) is 20.1 Å². The molecule has 0 fully saturated rings. The predicted octanol–water partition coefficient (Wildman–Crippen LogP) is 3.05. The van der Waals surface area contributed by atoms with Crippen LogP contribution >= 0.6 is 24.0 Å². The van der Waals surface area contributed by atoms with E-state index in [1.807, 2.05) is 20.0 Å². The summed E-state index contributed by atoms with van der Waals surface area (Å²) < 4.78 is 1.54. The van der Waals surface area contributed by atoms with Crippen molar-refractivity contribution < 1.29 is 4.92 Å². The van der Waals surface area contributed by atoms with Gasteiger partial charge >= 0.3 is 5.69 Å². The first kappa shape index (κ1) is 23.4. The molecule has 0 aliphatic carbocycles. The van der Waals surface area contributed by atoms with Gasteiger partial charge in [0.25, 0.3) is 0 Å². The first-order valence-electron chi connectivity index (χ1n) is 8.35. The highest BCUT2D eigenvalue weighted by Crippen LogP contribution is 2.07. The van der Waals surface area contributed by atoms with E-state index in [1.54, 1.807) is 4.68 Å². The molecule has 0 amide bonds. The van der Waals surface area contributed by atoms with Gasteiger partial charge in [-0.1, -0.05) is 12.5 Å². The maximum absolute atomic E-state index is 10.6. The average molecular weight is 464 g/mol. The molecule has 0 aromatic carbocycles. The van der Waals surface area contributed by atoms with E-state index in [2.05, 4.69) is 26.9 Å². The number of guanidine groups is 1. The Hall–Kier alpha value is -1.65. The third-order valence-electron chi connectivity index (χ3n) is 3.52. The van der Waals surface area contributed by atoms with Gasteiger partial charge in [-0.2, -0.15) is 5.10 Å². The van der Waals surface area contributed by atoms with Gasteiger partial charge < -0.3 is 10.2 Å². The second kappa shape index (κ2) is 13.6. The second-order valence-corrected chi connectivity index (χ2v) is 5.51. The van der Waals surface area contributed by atoms with Gasteiger partial charge in [0.05, 0.1) is 18.0 Å². The van der Waals surface area contributed by atoms with Crippen LogP contribution in [-0.2, 0) is 6.54 Å². The van der Waals surface area contributed by atoms with Crippen LogP contribution in [0.4, 0.5) is 5.69 Å². The summed E-state index contributed by atoms with van der Waals surface area (Å²) in [5.74, 6) is 0.850. The molecule has 8 nitrogen and oxygen atoms in total. The molecule has 1 heterocycles. The molecule has 0 saturated heterocycles. The number of halogens is 1. The second-order valence-electron chi connectivity index (χ2n) is 5.51. The summed E-state index contributed by atoms with van der Waals surface area (Å²) in [4.78, 5) is 16.9. The number of hydrogen-bond donors (Lipinski definition) is 1. The van der Waals surface area contributed by atoms with Crippen molar-refractivity contribution in [2.45, 2.75) is 39.2 Å². The molecule has 1 N–H and O–H groups in total. The summed E-state index contributed by atoms with van der Waals surface area (Å²) in [7, 11) is 2.02. The number of aliphatic imine (C=N–C) groups is 1. The molecule has 0 bridgehead atoms. The Bertz CT molecular complexity index is 546. The van der Waals surface area contributed by atoms with Crippen molar-refractivity contribution in [1.82, 2.24) is 20.0 Å². The van der Waals surface area contributed by atoms with Crippen LogP contribution in [0.3, 0.4) is 0 Å². The summed E-state index contributed by atoms with van der Waals surface area (Å²) in [6.45, 7) is 8.53. The lowest BCUT2D eigenvalue weighted by Gasteiger charge is -2.22. The van der Waals surface area contributed by atoms with Crippen LogP contribution in [0.25, 0.3) is 0 Å². The van der Waals surface area contributed by atoms with Gasteiger partial charge in [-0.05, 0) is 26.2 Å². The Morgan fingerprint density at radius 1 is 1.52 bits per heavy atom. The van der Waals surface area contributed by atoms with Crippen LogP contribution in [0.2, 0.25) is 0 Å². The van der Waals surface area contributed by atoms with Gasteiger partial charge in [-0.3, -0.25) is 19.8 Å². The number of unbranched alkanes of at least 4 members (excludes halogenated alkanes) is 3. The van der Waals surface area contributed by atoms with E-state index in [0.29, 0.717) is 13.1 Å². The van der Waals surface area contributed by atoms with Crippen molar-refractivity contribution in [1.29, 1.82) is 0 Å². The predicted molar refractivity (Wildman–Crippen MR) is 112 cm³/mol. The topological polar surface area (TPSA) is 88.6 Å². The molecular weight excluding hydrogens is 435 g/mol. The standard InChI is InChI=1S/C16H28N6O2.HI/c1-4-6-7-8-9-11-20(3)16(17-5-2)18-10-12-21-14-15(13-19-21)22(23)24;/h4,13-14H,1,5-12H2,2-3H3,(H,17,18);1H. The van der Waals surface area contributed by atoms with Crippen molar-refractivity contribution in [3.05, 3.63) is 35.2 Å². The maximum atomic E-state index is 10.6. The van der Waals surface area contributed by atoms with E-state index in [9.17, 15) is 10.1 Å². The normalized spacial score (nSPS) is 10.9. The largest absolute Gasteiger partial charge is 0.357 e. The highest BCUT2D eigenvalue weighted by atomic mass is 127. The Morgan fingerprint density at radius 2 is 2.28 bits per heavy atom. The van der Waals surface area contributed by atoms with Crippen LogP contribution in [0, 0.1) is 10.1 Å². The van der Waals surface area contributed by atoms with Crippen LogP contribution in [0.1, 0.15) is 32.6 Å². The number of aromatic nitrogens is 2. The minimum absolute atomic E-state index is 0. The van der Waals surface area contributed by atoms with E-state index >= 15 is 0 Å². The molecule has 0 aliphatic rings. The molecule has 0 atom stereocenters. The number of rotatable bonds is 11. The monoisotopic (exact) mass is 464 g/mol. The summed E-state index contributed by atoms with van der Waals surface area (Å²) >= 11 is 0. The van der Waals surface area contributed by atoms with Gasteiger partial charge in [0.2, 0.25) is 0 Å². The van der Waals surface area contributed by atoms with Crippen molar-refractivity contribution in [2.24, 2.45) is 4.99 Å². The van der Waals surface area contributed by atoms with Crippen molar-refractivity contribution in [2.75, 3.05) is 26.7 Å². The number of allylic oxidation sites excluding steroid dienone is 1. The van der Waals surface area contributed by atoms with Gasteiger partial charge in [-0.25, -0.2) is 0 Å². The molecule has 0 spiro atoms. The minimum Gasteiger partial charge on any atom is -0.357 e. The number of nitro groups is 1. The third-order valence-corrected chi connectivity index (χ3v) is 3.52. The zero-order valence-corrected chi connectivity index (χ0v) is 17.4. The van der Waals surface area contributed by atoms with E-state index < -0.39 is 4.92 Å². The first-order chi connectivity index (χ1) is 11.6. The Kier molecular flexibility index (Phi) is 12.7. The van der Waals surface area contributed by atoms with Crippen LogP contribution in [-0.4, -0.2) is 52.2 Å². The molecule has 142 valence electrons. The molecule has 0 aliphatic heterocycles. The molecule has 25 heavy (non-hydrogen) atoms. The number of nitrogens with zero attached hydrogens (tertiary/aromatic N) is 5. The maximum Gasteiger partial charge on any atom is 0.306 e. The molecule has 9 heteroatoms. The molecule has 1 aromatic heterocycles. The lowest BCUT2D eigenvalue weighted by atomic mass is 10.2. The van der Waals surface area contributed by atoms with Crippen molar-refractivity contribution in [3.63, 3.8) is 0 Å². The zero-order chi connectivity index (χ0) is 17.8. The molecule has 0 unspecified atom stereocenters. The van der Waals surface area contributed by atoms with Crippen LogP contribution in [0.15, 0.2) is 30.0 Å². The summed E-state index contributed by atoms with van der Waals surface area (Å²) in [6, 6.07) is 0. The number of nitrogens with one attached hydrogen (secondary N) is 1. The van der Waals surface area contributed by atoms with Gasteiger partial charge in [-0.15, -0.1) is 30.6 Å². The molecule has 0 radical (unpaired) electrons. The summed E-state index contributed by atoms with van der Waals surface area (Å²) in [5, 5.41) is 17.9. The van der Waals surface area contributed by atoms with Gasteiger partial charge in [0.1, 0.15) is 12.4 Å². The zero-order valence-electron chi connectivity index (χ0n) is 15.1. The SMILES string of the molecule is C=CCCCCCN(C)C(=NCCn1cc([N+](=O)[O-])cn1)NCC.I. The fraction of sp³-hybridized carbons (Fsp3) is 0.625. The van der Waals surface area contributed by atoms with Gasteiger partial charge in [0.15, 0.2) is 5.96 Å². The van der Waals surface area contributed by atoms with Crippen molar-refractivity contribution >= 4 is 35.6 Å². The minimum atomic E-state index is -0.447. The average Bonchev–Trinajstić information content (AvgIpc) is 3.03. The van der Waals surface area contributed by atoms with Crippen molar-refractivity contribution in [3.8, 4) is 0 Å². The Labute approximate surface area is 166 Å². The van der Waals surface area contributed by atoms with E-state index in [0.717, 1.165) is 31.9 Å². The fourth-order valence-corrected chi connectivity index (χ4v) is 2.22. The van der Waals surface area contributed by atoms with Crippen LogP contribution < -0.4 is 5.32 Å². The lowest BCUT2D eigenvalue weighted by molar-refractivity contribution is -0.385. The molecular formula is C16H29IN6O2. The summed E-state index contributed by atoms with van der Waals surface area (Å²) in [6.07, 6.45) is 9.15.